The number of benzene rings is 1. The molecular formula is C23H25F3N6O2. The molecule has 1 aliphatic carbocycles. The Morgan fingerprint density at radius 3 is 2.62 bits per heavy atom. The minimum absolute atomic E-state index is 0.149. The van der Waals surface area contributed by atoms with Crippen molar-refractivity contribution in [1.82, 2.24) is 15.0 Å². The molecule has 8 nitrogen and oxygen atoms in total. The van der Waals surface area contributed by atoms with Gasteiger partial charge in [0.2, 0.25) is 0 Å². The summed E-state index contributed by atoms with van der Waals surface area (Å²) in [6.07, 6.45) is -2.53. The van der Waals surface area contributed by atoms with E-state index >= 15 is 0 Å². The number of nitrogen functional groups attached to an aromatic ring is 2. The van der Waals surface area contributed by atoms with E-state index in [-0.39, 0.29) is 12.0 Å². The molecule has 2 aliphatic rings. The van der Waals surface area contributed by atoms with E-state index in [9.17, 15) is 23.4 Å². The van der Waals surface area contributed by atoms with Crippen LogP contribution in [0.4, 0.5) is 30.6 Å². The van der Waals surface area contributed by atoms with Crippen LogP contribution >= 0.6 is 0 Å². The van der Waals surface area contributed by atoms with Crippen LogP contribution in [-0.4, -0.2) is 50.0 Å². The van der Waals surface area contributed by atoms with Crippen LogP contribution in [0.5, 0.6) is 0 Å². The van der Waals surface area contributed by atoms with Crippen molar-refractivity contribution in [2.75, 3.05) is 22.9 Å². The molecule has 1 saturated carbocycles. The zero-order valence-electron chi connectivity index (χ0n) is 18.2. The van der Waals surface area contributed by atoms with Gasteiger partial charge in [0, 0.05) is 17.5 Å². The number of aryl methyl sites for hydroxylation is 1. The summed E-state index contributed by atoms with van der Waals surface area (Å²) in [5.74, 6) is 0.444. The summed E-state index contributed by atoms with van der Waals surface area (Å²) in [6, 6.07) is 5.80. The lowest BCUT2D eigenvalue weighted by Crippen LogP contribution is -2.43. The normalized spacial score (nSPS) is 24.7. The van der Waals surface area contributed by atoms with Crippen LogP contribution in [0, 0.1) is 5.92 Å². The number of alkyl halides is 3. The molecule has 0 radical (unpaired) electrons. The van der Waals surface area contributed by atoms with Gasteiger partial charge in [-0.3, -0.25) is 0 Å². The molecular weight excluding hydrogens is 449 g/mol. The van der Waals surface area contributed by atoms with Gasteiger partial charge in [0.1, 0.15) is 29.9 Å². The van der Waals surface area contributed by atoms with E-state index in [4.69, 9.17) is 11.5 Å². The Labute approximate surface area is 193 Å². The summed E-state index contributed by atoms with van der Waals surface area (Å²) in [5.41, 5.74) is 12.7. The van der Waals surface area contributed by atoms with E-state index in [1.54, 1.807) is 18.2 Å². The molecule has 1 aliphatic heterocycles. The summed E-state index contributed by atoms with van der Waals surface area (Å²) >= 11 is 0. The minimum Gasteiger partial charge on any atom is -0.390 e. The first-order chi connectivity index (χ1) is 16.1. The van der Waals surface area contributed by atoms with Gasteiger partial charge in [0.15, 0.2) is 0 Å². The van der Waals surface area contributed by atoms with Crippen molar-refractivity contribution in [3.05, 3.63) is 47.3 Å². The number of nitrogens with two attached hydrogens (primary N) is 2. The van der Waals surface area contributed by atoms with Crippen LogP contribution in [0.25, 0.3) is 10.9 Å². The molecule has 3 aromatic rings. The lowest BCUT2D eigenvalue weighted by atomic mass is 9.95. The zero-order valence-corrected chi connectivity index (χ0v) is 18.2. The number of aliphatic hydroxyl groups excluding tert-OH is 2. The highest BCUT2D eigenvalue weighted by Gasteiger charge is 2.45. The number of anilines is 3. The van der Waals surface area contributed by atoms with Crippen molar-refractivity contribution in [1.29, 1.82) is 0 Å². The van der Waals surface area contributed by atoms with Gasteiger partial charge < -0.3 is 26.6 Å². The molecule has 6 N–H and O–H groups in total. The van der Waals surface area contributed by atoms with Crippen LogP contribution in [0.15, 0.2) is 30.6 Å². The van der Waals surface area contributed by atoms with Crippen molar-refractivity contribution >= 4 is 28.4 Å². The number of aliphatic hydroxyl groups is 2. The molecule has 11 heteroatoms. The smallest absolute Gasteiger partial charge is 0.390 e. The van der Waals surface area contributed by atoms with Crippen molar-refractivity contribution in [2.45, 2.75) is 50.1 Å². The van der Waals surface area contributed by atoms with Gasteiger partial charge in [-0.05, 0) is 49.3 Å². The van der Waals surface area contributed by atoms with E-state index in [2.05, 4.69) is 15.0 Å². The molecule has 0 spiro atoms. The Kier molecular flexibility index (Phi) is 5.48. The van der Waals surface area contributed by atoms with Gasteiger partial charge in [-0.25, -0.2) is 15.0 Å². The second kappa shape index (κ2) is 8.24. The third kappa shape index (κ3) is 3.88. The van der Waals surface area contributed by atoms with Crippen molar-refractivity contribution in [3.8, 4) is 0 Å². The summed E-state index contributed by atoms with van der Waals surface area (Å²) in [4.78, 5) is 14.3. The predicted molar refractivity (Wildman–Crippen MR) is 121 cm³/mol. The van der Waals surface area contributed by atoms with E-state index in [0.29, 0.717) is 54.8 Å². The third-order valence-electron chi connectivity index (χ3n) is 7.02. The monoisotopic (exact) mass is 474 g/mol. The molecule has 5 rings (SSSR count). The molecule has 4 atom stereocenters. The number of halogens is 3. The molecule has 0 bridgehead atoms. The molecule has 0 saturated heterocycles. The fourth-order valence-corrected chi connectivity index (χ4v) is 5.22. The Morgan fingerprint density at radius 2 is 1.85 bits per heavy atom. The zero-order chi connectivity index (χ0) is 24.2. The highest BCUT2D eigenvalue weighted by Crippen LogP contribution is 2.39. The largest absolute Gasteiger partial charge is 0.419 e. The SMILES string of the molecule is Nc1nc2cc(CCC3CC(N4CCc5c(N)ncnc54)C(O)C3O)ccc2cc1C(F)(F)F. The number of hydrogen-bond acceptors (Lipinski definition) is 8. The van der Waals surface area contributed by atoms with Crippen LogP contribution in [-0.2, 0) is 19.0 Å². The van der Waals surface area contributed by atoms with Gasteiger partial charge >= 0.3 is 6.18 Å². The van der Waals surface area contributed by atoms with Gasteiger partial charge in [0.05, 0.1) is 23.2 Å². The van der Waals surface area contributed by atoms with Crippen molar-refractivity contribution in [2.24, 2.45) is 5.92 Å². The van der Waals surface area contributed by atoms with E-state index < -0.39 is 29.8 Å². The predicted octanol–water partition coefficient (Wildman–Crippen LogP) is 2.31. The van der Waals surface area contributed by atoms with Gasteiger partial charge in [-0.1, -0.05) is 12.1 Å². The maximum absolute atomic E-state index is 13.1. The van der Waals surface area contributed by atoms with E-state index in [1.807, 2.05) is 4.90 Å². The number of hydrogen-bond donors (Lipinski definition) is 4. The number of rotatable bonds is 4. The van der Waals surface area contributed by atoms with Gasteiger partial charge in [-0.15, -0.1) is 0 Å². The van der Waals surface area contributed by atoms with Gasteiger partial charge in [-0.2, -0.15) is 13.2 Å². The number of fused-ring (bicyclic) bond motifs is 2. The lowest BCUT2D eigenvalue weighted by Gasteiger charge is -2.28. The first-order valence-corrected chi connectivity index (χ1v) is 11.1. The maximum atomic E-state index is 13.1. The van der Waals surface area contributed by atoms with E-state index in [0.717, 1.165) is 17.2 Å². The van der Waals surface area contributed by atoms with Gasteiger partial charge in [0.25, 0.3) is 0 Å². The topological polar surface area (TPSA) is 134 Å². The van der Waals surface area contributed by atoms with Crippen LogP contribution in [0.3, 0.4) is 0 Å². The molecule has 1 fully saturated rings. The Morgan fingerprint density at radius 1 is 1.06 bits per heavy atom. The highest BCUT2D eigenvalue weighted by atomic mass is 19.4. The number of aromatic nitrogens is 3. The summed E-state index contributed by atoms with van der Waals surface area (Å²) in [6.45, 7) is 0.650. The quantitative estimate of drug-likeness (QED) is 0.453. The maximum Gasteiger partial charge on any atom is 0.419 e. The average Bonchev–Trinajstić information content (AvgIpc) is 3.33. The molecule has 0 amide bonds. The van der Waals surface area contributed by atoms with Crippen LogP contribution in [0.1, 0.15) is 29.5 Å². The Bertz CT molecular complexity index is 1240. The summed E-state index contributed by atoms with van der Waals surface area (Å²) in [5, 5.41) is 21.8. The highest BCUT2D eigenvalue weighted by molar-refractivity contribution is 5.82. The van der Waals surface area contributed by atoms with E-state index in [1.165, 1.54) is 6.33 Å². The molecule has 3 heterocycles. The number of pyridine rings is 1. The lowest BCUT2D eigenvalue weighted by molar-refractivity contribution is -0.137. The molecule has 1 aromatic carbocycles. The molecule has 180 valence electrons. The molecule has 2 aromatic heterocycles. The number of nitrogens with zero attached hydrogens (tertiary/aromatic N) is 4. The fourth-order valence-electron chi connectivity index (χ4n) is 5.22. The van der Waals surface area contributed by atoms with Crippen molar-refractivity contribution < 1.29 is 23.4 Å². The molecule has 34 heavy (non-hydrogen) atoms. The van der Waals surface area contributed by atoms with Crippen molar-refractivity contribution in [3.63, 3.8) is 0 Å². The Balaban J connectivity index is 1.30. The summed E-state index contributed by atoms with van der Waals surface area (Å²) in [7, 11) is 0. The third-order valence-corrected chi connectivity index (χ3v) is 7.02. The second-order valence-corrected chi connectivity index (χ2v) is 9.03. The fraction of sp³-hybridized carbons (Fsp3) is 0.435. The van der Waals surface area contributed by atoms with Crippen LogP contribution < -0.4 is 16.4 Å². The summed E-state index contributed by atoms with van der Waals surface area (Å²) < 4.78 is 39.2. The second-order valence-electron chi connectivity index (χ2n) is 9.03. The standard InChI is InChI=1S/C23H25F3N6O2/c24-23(25,26)15-8-12-3-1-11(7-16(12)31-21(15)28)2-4-13-9-17(19(34)18(13)33)32-6-5-14-20(27)29-10-30-22(14)32/h1,3,7-8,10,13,17-19,33-34H,2,4-6,9H2,(H2,28,31)(H2,27,29,30). The first-order valence-electron chi connectivity index (χ1n) is 11.1. The molecule has 4 unspecified atom stereocenters. The average molecular weight is 474 g/mol. The first kappa shape index (κ1) is 22.6. The minimum atomic E-state index is -4.56. The van der Waals surface area contributed by atoms with Crippen LogP contribution in [0.2, 0.25) is 0 Å². The Hall–Kier alpha value is -3.18.